The summed E-state index contributed by atoms with van der Waals surface area (Å²) < 4.78 is 10.9. The fourth-order valence-corrected chi connectivity index (χ4v) is 4.17. The second kappa shape index (κ2) is 7.67. The van der Waals surface area contributed by atoms with Gasteiger partial charge in [0.2, 0.25) is 5.95 Å². The van der Waals surface area contributed by atoms with Crippen LogP contribution in [0.1, 0.15) is 28.5 Å². The Hall–Kier alpha value is -4.33. The number of nitrogens with zero attached hydrogens (tertiary/aromatic N) is 2. The zero-order valence-electron chi connectivity index (χ0n) is 18.2. The fraction of sp³-hybridized carbons (Fsp3) is 0.160. The van der Waals surface area contributed by atoms with Gasteiger partial charge < -0.3 is 19.2 Å². The van der Waals surface area contributed by atoms with Crippen molar-refractivity contribution in [3.63, 3.8) is 0 Å². The number of nitrogens with one attached hydrogen (secondary N) is 1. The molecule has 1 saturated heterocycles. The number of furan rings is 1. The maximum atomic E-state index is 13.2. The topological polar surface area (TPSA) is 109 Å². The van der Waals surface area contributed by atoms with E-state index in [9.17, 15) is 14.7 Å². The van der Waals surface area contributed by atoms with Gasteiger partial charge in [0.25, 0.3) is 5.78 Å². The van der Waals surface area contributed by atoms with E-state index in [0.717, 1.165) is 16.6 Å². The molecule has 1 atom stereocenters. The fourth-order valence-electron chi connectivity index (χ4n) is 4.17. The predicted octanol–water partition coefficient (Wildman–Crippen LogP) is 4.41. The van der Waals surface area contributed by atoms with E-state index in [2.05, 4.69) is 9.97 Å². The molecule has 166 valence electrons. The number of benzene rings is 2. The highest BCUT2D eigenvalue weighted by Crippen LogP contribution is 2.42. The minimum atomic E-state index is -0.982. The molecule has 8 nitrogen and oxygen atoms in total. The number of anilines is 1. The number of aliphatic hydroxyl groups excluding tert-OH is 1. The normalized spacial score (nSPS) is 17.8. The van der Waals surface area contributed by atoms with Crippen molar-refractivity contribution in [2.24, 2.45) is 0 Å². The van der Waals surface area contributed by atoms with Crippen LogP contribution >= 0.6 is 0 Å². The lowest BCUT2D eigenvalue weighted by atomic mass is 9.98. The summed E-state index contributed by atoms with van der Waals surface area (Å²) in [5.41, 5.74) is 3.51. The third kappa shape index (κ3) is 3.27. The molecule has 2 aromatic heterocycles. The van der Waals surface area contributed by atoms with Gasteiger partial charge in [0.05, 0.1) is 30.0 Å². The smallest absolute Gasteiger partial charge is 0.302 e. The summed E-state index contributed by atoms with van der Waals surface area (Å²) in [5, 5.41) is 11.2. The monoisotopic (exact) mass is 443 g/mol. The van der Waals surface area contributed by atoms with E-state index in [1.165, 1.54) is 11.2 Å². The molecule has 0 radical (unpaired) electrons. The Labute approximate surface area is 189 Å². The van der Waals surface area contributed by atoms with Gasteiger partial charge in [-0.25, -0.2) is 4.98 Å². The van der Waals surface area contributed by atoms with E-state index < -0.39 is 17.7 Å². The lowest BCUT2D eigenvalue weighted by Gasteiger charge is -2.20. The molecule has 1 unspecified atom stereocenters. The number of aromatic nitrogens is 2. The van der Waals surface area contributed by atoms with Crippen LogP contribution in [0, 0.1) is 13.8 Å². The number of H-pyrrole nitrogens is 1. The Balaban J connectivity index is 1.70. The molecule has 0 saturated carbocycles. The molecule has 1 fully saturated rings. The summed E-state index contributed by atoms with van der Waals surface area (Å²) in [4.78, 5) is 35.2. The Morgan fingerprint density at radius 1 is 1.15 bits per heavy atom. The molecule has 0 aliphatic carbocycles. The minimum absolute atomic E-state index is 0.0730. The summed E-state index contributed by atoms with van der Waals surface area (Å²) >= 11 is 0. The maximum absolute atomic E-state index is 13.2. The number of carbonyl (C=O) groups is 2. The largest absolute Gasteiger partial charge is 0.507 e. The first-order chi connectivity index (χ1) is 15.9. The van der Waals surface area contributed by atoms with Gasteiger partial charge >= 0.3 is 5.91 Å². The quantitative estimate of drug-likeness (QED) is 0.275. The van der Waals surface area contributed by atoms with Crippen LogP contribution in [0.4, 0.5) is 5.95 Å². The van der Waals surface area contributed by atoms with Gasteiger partial charge in [0, 0.05) is 5.56 Å². The van der Waals surface area contributed by atoms with Gasteiger partial charge in [0.1, 0.15) is 23.3 Å². The average molecular weight is 443 g/mol. The number of hydrogen-bond acceptors (Lipinski definition) is 6. The van der Waals surface area contributed by atoms with Crippen LogP contribution in [0.3, 0.4) is 0 Å². The Bertz CT molecular complexity index is 1430. The zero-order valence-corrected chi connectivity index (χ0v) is 18.2. The first kappa shape index (κ1) is 20.6. The molecule has 1 aliphatic heterocycles. The number of hydrogen-bond donors (Lipinski definition) is 2. The van der Waals surface area contributed by atoms with Gasteiger partial charge in [-0.2, -0.15) is 0 Å². The lowest BCUT2D eigenvalue weighted by molar-refractivity contribution is -0.132. The summed E-state index contributed by atoms with van der Waals surface area (Å²) in [6, 6.07) is 13.0. The van der Waals surface area contributed by atoms with Crippen molar-refractivity contribution < 1.29 is 23.8 Å². The van der Waals surface area contributed by atoms with Crippen LogP contribution in [0.15, 0.2) is 64.8 Å². The molecule has 2 N–H and O–H groups in total. The first-order valence-corrected chi connectivity index (χ1v) is 10.3. The van der Waals surface area contributed by atoms with E-state index in [1.807, 2.05) is 32.0 Å². The highest BCUT2D eigenvalue weighted by atomic mass is 16.5. The second-order valence-corrected chi connectivity index (χ2v) is 7.95. The maximum Gasteiger partial charge on any atom is 0.302 e. The summed E-state index contributed by atoms with van der Waals surface area (Å²) in [5.74, 6) is -0.748. The third-order valence-electron chi connectivity index (χ3n) is 5.78. The molecule has 8 heteroatoms. The third-order valence-corrected chi connectivity index (χ3v) is 5.78. The second-order valence-electron chi connectivity index (χ2n) is 7.95. The minimum Gasteiger partial charge on any atom is -0.507 e. The van der Waals surface area contributed by atoms with Crippen LogP contribution in [-0.4, -0.2) is 33.9 Å². The molecule has 33 heavy (non-hydrogen) atoms. The number of ether oxygens (including phenoxy) is 1. The molecule has 4 aromatic rings. The van der Waals surface area contributed by atoms with Gasteiger partial charge in [0.15, 0.2) is 0 Å². The van der Waals surface area contributed by atoms with E-state index >= 15 is 0 Å². The molecule has 1 amide bonds. The first-order valence-electron chi connectivity index (χ1n) is 10.3. The van der Waals surface area contributed by atoms with Gasteiger partial charge in [-0.1, -0.05) is 6.07 Å². The number of aromatic amines is 1. The number of aliphatic hydroxyl groups is 1. The molecule has 3 heterocycles. The Morgan fingerprint density at radius 3 is 2.67 bits per heavy atom. The van der Waals surface area contributed by atoms with Crippen molar-refractivity contribution in [2.75, 3.05) is 12.0 Å². The van der Waals surface area contributed by atoms with Gasteiger partial charge in [-0.05, 0) is 67.4 Å². The molecular weight excluding hydrogens is 422 g/mol. The highest BCUT2D eigenvalue weighted by molar-refractivity contribution is 6.51. The molecule has 1 aliphatic rings. The van der Waals surface area contributed by atoms with Crippen molar-refractivity contribution in [2.45, 2.75) is 19.9 Å². The van der Waals surface area contributed by atoms with E-state index in [0.29, 0.717) is 22.6 Å². The standard InChI is InChI=1S/C25H21N3O5/c1-13-6-8-16-17(11-13)27-25(26-16)28-21(19-5-4-10-33-19)20(23(30)24(28)31)22(29)15-7-9-18(32-3)14(2)12-15/h4-12,21,29H,1-3H3,(H,26,27)/b22-20+. The summed E-state index contributed by atoms with van der Waals surface area (Å²) in [7, 11) is 1.55. The Morgan fingerprint density at radius 2 is 1.97 bits per heavy atom. The van der Waals surface area contributed by atoms with Crippen molar-refractivity contribution >= 4 is 34.4 Å². The van der Waals surface area contributed by atoms with Gasteiger partial charge in [-0.3, -0.25) is 14.5 Å². The molecule has 0 spiro atoms. The number of rotatable bonds is 4. The van der Waals surface area contributed by atoms with Crippen molar-refractivity contribution in [1.29, 1.82) is 0 Å². The number of carbonyl (C=O) groups excluding carboxylic acids is 2. The van der Waals surface area contributed by atoms with Crippen LogP contribution in [0.2, 0.25) is 0 Å². The van der Waals surface area contributed by atoms with Gasteiger partial charge in [-0.15, -0.1) is 0 Å². The predicted molar refractivity (Wildman–Crippen MR) is 122 cm³/mol. The van der Waals surface area contributed by atoms with Crippen molar-refractivity contribution in [3.05, 3.63) is 82.8 Å². The zero-order chi connectivity index (χ0) is 23.3. The molecule has 2 aromatic carbocycles. The lowest BCUT2D eigenvalue weighted by Crippen LogP contribution is -2.30. The SMILES string of the molecule is COc1ccc(/C(O)=C2\C(=O)C(=O)N(c3nc4ccc(C)cc4[nH]3)C2c2ccco2)cc1C. The van der Waals surface area contributed by atoms with E-state index in [1.54, 1.807) is 37.4 Å². The van der Waals surface area contributed by atoms with Crippen LogP contribution in [0.5, 0.6) is 5.75 Å². The number of fused-ring (bicyclic) bond motifs is 1. The number of aryl methyl sites for hydroxylation is 2. The summed E-state index contributed by atoms with van der Waals surface area (Å²) in [6.07, 6.45) is 1.45. The molecular formula is C25H21N3O5. The van der Waals surface area contributed by atoms with Crippen LogP contribution < -0.4 is 9.64 Å². The average Bonchev–Trinajstić information content (AvgIpc) is 3.52. The number of methoxy groups -OCH3 is 1. The molecule has 5 rings (SSSR count). The highest BCUT2D eigenvalue weighted by Gasteiger charge is 2.49. The van der Waals surface area contributed by atoms with Crippen LogP contribution in [0.25, 0.3) is 16.8 Å². The van der Waals surface area contributed by atoms with Crippen molar-refractivity contribution in [3.8, 4) is 5.75 Å². The van der Waals surface area contributed by atoms with E-state index in [-0.39, 0.29) is 17.3 Å². The van der Waals surface area contributed by atoms with E-state index in [4.69, 9.17) is 9.15 Å². The van der Waals surface area contributed by atoms with Crippen molar-refractivity contribution in [1.82, 2.24) is 9.97 Å². The number of amides is 1. The van der Waals surface area contributed by atoms with Crippen LogP contribution in [-0.2, 0) is 9.59 Å². The number of imidazole rings is 1. The molecule has 0 bridgehead atoms. The summed E-state index contributed by atoms with van der Waals surface area (Å²) in [6.45, 7) is 3.78. The Kier molecular flexibility index (Phi) is 4.78. The number of Topliss-reactive ketones (excluding diaryl/α,β-unsaturated/α-hetero) is 1. The number of ketones is 1.